The van der Waals surface area contributed by atoms with Crippen LogP contribution in [-0.4, -0.2) is 70.7 Å². The van der Waals surface area contributed by atoms with Crippen LogP contribution in [0.3, 0.4) is 0 Å². The van der Waals surface area contributed by atoms with Crippen LogP contribution >= 0.6 is 11.3 Å². The molecule has 1 fully saturated rings. The highest BCUT2D eigenvalue weighted by molar-refractivity contribution is 7.13. The van der Waals surface area contributed by atoms with Crippen LogP contribution in [0.1, 0.15) is 12.6 Å². The first-order valence-electron chi connectivity index (χ1n) is 8.09. The molecule has 6 nitrogen and oxygen atoms in total. The summed E-state index contributed by atoms with van der Waals surface area (Å²) in [5.74, 6) is 0.712. The van der Waals surface area contributed by atoms with E-state index in [1.54, 1.807) is 23.7 Å². The average molecular weight is 333 g/mol. The fourth-order valence-corrected chi connectivity index (χ4v) is 3.39. The molecule has 2 aromatic rings. The molecule has 0 saturated carbocycles. The van der Waals surface area contributed by atoms with E-state index >= 15 is 0 Å². The van der Waals surface area contributed by atoms with Crippen molar-refractivity contribution in [3.63, 3.8) is 0 Å². The second-order valence-corrected chi connectivity index (χ2v) is 6.39. The standard InChI is InChI=1S/C16H23N5OS/c1-2-22-11-10-20-6-8-21(9-7-20)12-14-13-23-16(19-14)15-17-4-3-5-18-15/h3-5,13H,2,6-12H2,1H3. The molecule has 1 saturated heterocycles. The Morgan fingerprint density at radius 3 is 2.61 bits per heavy atom. The van der Waals surface area contributed by atoms with Gasteiger partial charge in [-0.2, -0.15) is 0 Å². The van der Waals surface area contributed by atoms with Gasteiger partial charge in [-0.1, -0.05) is 0 Å². The van der Waals surface area contributed by atoms with Gasteiger partial charge in [0.1, 0.15) is 0 Å². The summed E-state index contributed by atoms with van der Waals surface area (Å²) in [5.41, 5.74) is 1.11. The minimum absolute atomic E-state index is 0.712. The molecule has 7 heteroatoms. The molecule has 0 atom stereocenters. The molecule has 2 aromatic heterocycles. The monoisotopic (exact) mass is 333 g/mol. The van der Waals surface area contributed by atoms with Gasteiger partial charge in [-0.05, 0) is 13.0 Å². The van der Waals surface area contributed by atoms with Crippen LogP contribution in [0, 0.1) is 0 Å². The third-order valence-corrected chi connectivity index (χ3v) is 4.80. The zero-order valence-corrected chi connectivity index (χ0v) is 14.3. The topological polar surface area (TPSA) is 54.4 Å². The van der Waals surface area contributed by atoms with Crippen LogP contribution in [-0.2, 0) is 11.3 Å². The molecule has 0 spiro atoms. The maximum atomic E-state index is 5.43. The van der Waals surface area contributed by atoms with E-state index in [-0.39, 0.29) is 0 Å². The highest BCUT2D eigenvalue weighted by Crippen LogP contribution is 2.20. The molecular formula is C16H23N5OS. The minimum Gasteiger partial charge on any atom is -0.380 e. The Balaban J connectivity index is 1.47. The third-order valence-electron chi connectivity index (χ3n) is 3.92. The van der Waals surface area contributed by atoms with Crippen LogP contribution in [0.2, 0.25) is 0 Å². The van der Waals surface area contributed by atoms with Gasteiger partial charge in [0, 0.05) is 63.6 Å². The summed E-state index contributed by atoms with van der Waals surface area (Å²) in [6, 6.07) is 1.82. The Bertz CT molecular complexity index is 583. The van der Waals surface area contributed by atoms with Crippen molar-refractivity contribution >= 4 is 11.3 Å². The summed E-state index contributed by atoms with van der Waals surface area (Å²) in [7, 11) is 0. The van der Waals surface area contributed by atoms with Crippen molar-refractivity contribution in [3.8, 4) is 10.8 Å². The first kappa shape index (κ1) is 16.4. The molecule has 0 aliphatic carbocycles. The second-order valence-electron chi connectivity index (χ2n) is 5.53. The van der Waals surface area contributed by atoms with Crippen LogP contribution in [0.25, 0.3) is 10.8 Å². The van der Waals surface area contributed by atoms with E-state index in [0.29, 0.717) is 5.82 Å². The molecule has 0 N–H and O–H groups in total. The van der Waals surface area contributed by atoms with Crippen LogP contribution in [0.15, 0.2) is 23.8 Å². The van der Waals surface area contributed by atoms with Gasteiger partial charge in [-0.3, -0.25) is 9.80 Å². The molecule has 0 bridgehead atoms. The van der Waals surface area contributed by atoms with Gasteiger partial charge in [-0.15, -0.1) is 11.3 Å². The average Bonchev–Trinajstić information content (AvgIpc) is 3.06. The summed E-state index contributed by atoms with van der Waals surface area (Å²) in [5, 5.41) is 3.02. The number of thiazole rings is 1. The maximum Gasteiger partial charge on any atom is 0.188 e. The number of hydrogen-bond acceptors (Lipinski definition) is 7. The van der Waals surface area contributed by atoms with Crippen molar-refractivity contribution in [3.05, 3.63) is 29.5 Å². The van der Waals surface area contributed by atoms with Crippen molar-refractivity contribution in [1.82, 2.24) is 24.8 Å². The van der Waals surface area contributed by atoms with E-state index in [2.05, 4.69) is 30.1 Å². The summed E-state index contributed by atoms with van der Waals surface area (Å²) in [6.07, 6.45) is 3.51. The summed E-state index contributed by atoms with van der Waals surface area (Å²) >= 11 is 1.62. The first-order valence-corrected chi connectivity index (χ1v) is 8.97. The summed E-state index contributed by atoms with van der Waals surface area (Å²) in [4.78, 5) is 18.1. The van der Waals surface area contributed by atoms with Gasteiger partial charge in [-0.25, -0.2) is 15.0 Å². The van der Waals surface area contributed by atoms with E-state index in [1.165, 1.54) is 0 Å². The Kier molecular flexibility index (Phi) is 6.04. The summed E-state index contributed by atoms with van der Waals surface area (Å²) < 4.78 is 5.43. The molecule has 23 heavy (non-hydrogen) atoms. The number of rotatable bonds is 7. The van der Waals surface area contributed by atoms with E-state index in [4.69, 9.17) is 4.74 Å². The molecular weight excluding hydrogens is 310 g/mol. The predicted octanol–water partition coefficient (Wildman–Crippen LogP) is 1.75. The Morgan fingerprint density at radius 2 is 1.87 bits per heavy atom. The van der Waals surface area contributed by atoms with Gasteiger partial charge in [0.2, 0.25) is 0 Å². The Labute approximate surface area is 141 Å². The lowest BCUT2D eigenvalue weighted by molar-refractivity contribution is 0.0783. The maximum absolute atomic E-state index is 5.43. The number of nitrogens with zero attached hydrogens (tertiary/aromatic N) is 5. The van der Waals surface area contributed by atoms with Gasteiger partial charge < -0.3 is 4.74 Å². The predicted molar refractivity (Wildman–Crippen MR) is 91.4 cm³/mol. The second kappa shape index (κ2) is 8.44. The highest BCUT2D eigenvalue weighted by Gasteiger charge is 2.18. The number of hydrogen-bond donors (Lipinski definition) is 0. The van der Waals surface area contributed by atoms with Gasteiger partial charge in [0.25, 0.3) is 0 Å². The zero-order valence-electron chi connectivity index (χ0n) is 13.5. The quantitative estimate of drug-likeness (QED) is 0.720. The molecule has 1 aliphatic heterocycles. The lowest BCUT2D eigenvalue weighted by Crippen LogP contribution is -2.46. The van der Waals surface area contributed by atoms with Crippen molar-refractivity contribution in [2.24, 2.45) is 0 Å². The minimum atomic E-state index is 0.712. The highest BCUT2D eigenvalue weighted by atomic mass is 32.1. The van der Waals surface area contributed by atoms with Crippen molar-refractivity contribution in [2.45, 2.75) is 13.5 Å². The lowest BCUT2D eigenvalue weighted by atomic mass is 10.3. The molecule has 0 aromatic carbocycles. The fraction of sp³-hybridized carbons (Fsp3) is 0.562. The molecule has 0 unspecified atom stereocenters. The fourth-order valence-electron chi connectivity index (χ4n) is 2.63. The Hall–Kier alpha value is -1.41. The van der Waals surface area contributed by atoms with Gasteiger partial charge in [0.05, 0.1) is 12.3 Å². The van der Waals surface area contributed by atoms with Crippen LogP contribution < -0.4 is 0 Å². The smallest absolute Gasteiger partial charge is 0.188 e. The third kappa shape index (κ3) is 4.78. The van der Waals surface area contributed by atoms with E-state index in [9.17, 15) is 0 Å². The lowest BCUT2D eigenvalue weighted by Gasteiger charge is -2.34. The zero-order chi connectivity index (χ0) is 15.9. The Morgan fingerprint density at radius 1 is 1.13 bits per heavy atom. The SMILES string of the molecule is CCOCCN1CCN(Cc2csc(-c3ncccn3)n2)CC1. The van der Waals surface area contributed by atoms with Crippen LogP contribution in [0.5, 0.6) is 0 Å². The van der Waals surface area contributed by atoms with E-state index < -0.39 is 0 Å². The molecule has 0 amide bonds. The van der Waals surface area contributed by atoms with Gasteiger partial charge in [0.15, 0.2) is 10.8 Å². The molecule has 3 heterocycles. The first-order chi connectivity index (χ1) is 11.3. The summed E-state index contributed by atoms with van der Waals surface area (Å²) in [6.45, 7) is 10.00. The van der Waals surface area contributed by atoms with E-state index in [1.807, 2.05) is 13.0 Å². The van der Waals surface area contributed by atoms with Crippen molar-refractivity contribution in [1.29, 1.82) is 0 Å². The molecule has 1 aliphatic rings. The number of piperazine rings is 1. The largest absolute Gasteiger partial charge is 0.380 e. The van der Waals surface area contributed by atoms with Crippen molar-refractivity contribution < 1.29 is 4.74 Å². The van der Waals surface area contributed by atoms with E-state index in [0.717, 1.165) is 63.2 Å². The molecule has 124 valence electrons. The molecule has 0 radical (unpaired) electrons. The van der Waals surface area contributed by atoms with Gasteiger partial charge >= 0.3 is 0 Å². The van der Waals surface area contributed by atoms with Crippen molar-refractivity contribution in [2.75, 3.05) is 45.9 Å². The molecule has 3 rings (SSSR count). The van der Waals surface area contributed by atoms with Crippen LogP contribution in [0.4, 0.5) is 0 Å². The number of ether oxygens (including phenoxy) is 1. The normalized spacial score (nSPS) is 16.7. The number of aromatic nitrogens is 3.